The summed E-state index contributed by atoms with van der Waals surface area (Å²) in [5, 5.41) is 0. The van der Waals surface area contributed by atoms with E-state index in [1.54, 1.807) is 11.0 Å². The van der Waals surface area contributed by atoms with Crippen molar-refractivity contribution in [3.63, 3.8) is 0 Å². The van der Waals surface area contributed by atoms with Crippen LogP contribution in [0.4, 0.5) is 4.79 Å². The summed E-state index contributed by atoms with van der Waals surface area (Å²) in [6.07, 6.45) is 7.70. The molecule has 1 aliphatic rings. The van der Waals surface area contributed by atoms with Crippen molar-refractivity contribution in [2.24, 2.45) is 5.92 Å². The van der Waals surface area contributed by atoms with Crippen LogP contribution in [0.5, 0.6) is 5.75 Å². The van der Waals surface area contributed by atoms with E-state index in [1.807, 2.05) is 12.1 Å². The molecule has 1 aliphatic heterocycles. The second kappa shape index (κ2) is 7.14. The van der Waals surface area contributed by atoms with Gasteiger partial charge in [-0.05, 0) is 52.9 Å². The van der Waals surface area contributed by atoms with E-state index in [-0.39, 0.29) is 6.09 Å². The Hall–Kier alpha value is -0.990. The number of likely N-dealkylation sites (tertiary alicyclic amines) is 1. The van der Waals surface area contributed by atoms with Crippen LogP contribution in [0.3, 0.4) is 0 Å². The van der Waals surface area contributed by atoms with Gasteiger partial charge in [0.15, 0.2) is 0 Å². The molecule has 0 aliphatic carbocycles. The quantitative estimate of drug-likeness (QED) is 0.686. The van der Waals surface area contributed by atoms with Crippen molar-refractivity contribution in [1.29, 1.82) is 0 Å². The number of nitrogens with zero attached hydrogens (tertiary/aromatic N) is 1. The van der Waals surface area contributed by atoms with Crippen LogP contribution in [0.25, 0.3) is 0 Å². The van der Waals surface area contributed by atoms with Gasteiger partial charge in [-0.3, -0.25) is 0 Å². The Morgan fingerprint density at radius 2 is 2.10 bits per heavy atom. The molecule has 106 valence electrons. The molecule has 1 aromatic rings. The zero-order chi connectivity index (χ0) is 14.5. The van der Waals surface area contributed by atoms with Crippen molar-refractivity contribution in [2.75, 3.05) is 13.1 Å². The number of piperidine rings is 1. The monoisotopic (exact) mass is 399 g/mol. The number of amides is 1. The molecule has 0 atom stereocenters. The molecule has 3 nitrogen and oxygen atoms in total. The number of benzene rings is 1. The largest absolute Gasteiger partial charge is 0.415 e. The van der Waals surface area contributed by atoms with Crippen molar-refractivity contribution in [3.05, 3.63) is 27.1 Å². The Morgan fingerprint density at radius 1 is 1.40 bits per heavy atom. The maximum Gasteiger partial charge on any atom is 0.415 e. The van der Waals surface area contributed by atoms with Crippen molar-refractivity contribution in [3.8, 4) is 18.1 Å². The maximum atomic E-state index is 12.1. The zero-order valence-electron chi connectivity index (χ0n) is 10.9. The zero-order valence-corrected chi connectivity index (χ0v) is 14.1. The molecule has 0 radical (unpaired) electrons. The molecular weight excluding hydrogens is 386 g/mol. The van der Waals surface area contributed by atoms with Crippen LogP contribution in [-0.4, -0.2) is 24.1 Å². The Morgan fingerprint density at radius 3 is 2.70 bits per heavy atom. The highest BCUT2D eigenvalue weighted by molar-refractivity contribution is 9.11. The Bertz CT molecular complexity index is 531. The van der Waals surface area contributed by atoms with E-state index < -0.39 is 0 Å². The third kappa shape index (κ3) is 4.00. The number of hydrogen-bond acceptors (Lipinski definition) is 2. The highest BCUT2D eigenvalue weighted by Gasteiger charge is 2.24. The summed E-state index contributed by atoms with van der Waals surface area (Å²) in [5.41, 5.74) is 0. The second-order valence-corrected chi connectivity index (χ2v) is 6.55. The number of carbonyl (C=O) groups excluding carboxylic acids is 1. The molecule has 2 rings (SSSR count). The maximum absolute atomic E-state index is 12.1. The van der Waals surface area contributed by atoms with Gasteiger partial charge in [0.1, 0.15) is 5.75 Å². The van der Waals surface area contributed by atoms with Crippen molar-refractivity contribution in [1.82, 2.24) is 4.90 Å². The van der Waals surface area contributed by atoms with E-state index in [0.717, 1.165) is 28.2 Å². The lowest BCUT2D eigenvalue weighted by Gasteiger charge is -2.30. The first kappa shape index (κ1) is 15.4. The molecule has 1 amide bonds. The third-order valence-electron chi connectivity index (χ3n) is 3.37. The topological polar surface area (TPSA) is 29.5 Å². The van der Waals surface area contributed by atoms with E-state index in [4.69, 9.17) is 11.2 Å². The summed E-state index contributed by atoms with van der Waals surface area (Å²) in [5.74, 6) is 3.75. The molecule has 0 spiro atoms. The van der Waals surface area contributed by atoms with E-state index in [9.17, 15) is 4.79 Å². The van der Waals surface area contributed by atoms with Gasteiger partial charge in [0.2, 0.25) is 0 Å². The van der Waals surface area contributed by atoms with Crippen LogP contribution in [-0.2, 0) is 0 Å². The van der Waals surface area contributed by atoms with E-state index in [0.29, 0.717) is 24.8 Å². The minimum Gasteiger partial charge on any atom is -0.409 e. The number of halogens is 2. The van der Waals surface area contributed by atoms with Crippen molar-refractivity contribution < 1.29 is 9.53 Å². The van der Waals surface area contributed by atoms with Gasteiger partial charge in [-0.1, -0.05) is 15.9 Å². The first-order chi connectivity index (χ1) is 9.60. The van der Waals surface area contributed by atoms with Gasteiger partial charge in [-0.2, -0.15) is 0 Å². The van der Waals surface area contributed by atoms with Crippen LogP contribution in [0.1, 0.15) is 19.3 Å². The SMILES string of the molecule is C#CCC1CCN(C(=O)Oc2ccc(Br)cc2Br)CC1. The summed E-state index contributed by atoms with van der Waals surface area (Å²) in [6, 6.07) is 5.45. The number of carbonyl (C=O) groups is 1. The van der Waals surface area contributed by atoms with Crippen molar-refractivity contribution in [2.45, 2.75) is 19.3 Å². The van der Waals surface area contributed by atoms with Gasteiger partial charge >= 0.3 is 6.09 Å². The van der Waals surface area contributed by atoms with Gasteiger partial charge in [0, 0.05) is 24.0 Å². The molecule has 0 bridgehead atoms. The molecule has 0 unspecified atom stereocenters. The lowest BCUT2D eigenvalue weighted by molar-refractivity contribution is 0.131. The Labute approximate surface area is 135 Å². The first-order valence-electron chi connectivity index (χ1n) is 6.45. The molecule has 1 saturated heterocycles. The van der Waals surface area contributed by atoms with Crippen LogP contribution in [0.15, 0.2) is 27.1 Å². The number of rotatable bonds is 2. The summed E-state index contributed by atoms with van der Waals surface area (Å²) < 4.78 is 7.10. The van der Waals surface area contributed by atoms with Crippen LogP contribution >= 0.6 is 31.9 Å². The average molecular weight is 401 g/mol. The molecule has 0 saturated carbocycles. The second-order valence-electron chi connectivity index (χ2n) is 4.78. The van der Waals surface area contributed by atoms with Crippen LogP contribution < -0.4 is 4.74 Å². The lowest BCUT2D eigenvalue weighted by Crippen LogP contribution is -2.40. The molecule has 1 fully saturated rings. The van der Waals surface area contributed by atoms with Gasteiger partial charge in [0.25, 0.3) is 0 Å². The Kier molecular flexibility index (Phi) is 5.50. The lowest BCUT2D eigenvalue weighted by atomic mass is 9.94. The van der Waals surface area contributed by atoms with Crippen LogP contribution in [0, 0.1) is 18.3 Å². The number of terminal acetylenes is 1. The molecule has 5 heteroatoms. The standard InChI is InChI=1S/C15H15Br2NO2/c1-2-3-11-6-8-18(9-7-11)15(19)20-14-5-4-12(16)10-13(14)17/h1,4-5,10-11H,3,6-9H2. The Balaban J connectivity index is 1.91. The van der Waals surface area contributed by atoms with E-state index >= 15 is 0 Å². The molecule has 0 N–H and O–H groups in total. The molecule has 1 heterocycles. The highest BCUT2D eigenvalue weighted by Crippen LogP contribution is 2.29. The first-order valence-corrected chi connectivity index (χ1v) is 8.04. The van der Waals surface area contributed by atoms with E-state index in [2.05, 4.69) is 37.8 Å². The van der Waals surface area contributed by atoms with Gasteiger partial charge in [-0.25, -0.2) is 4.79 Å². The van der Waals surface area contributed by atoms with Crippen LogP contribution in [0.2, 0.25) is 0 Å². The summed E-state index contributed by atoms with van der Waals surface area (Å²) in [6.45, 7) is 1.42. The molecule has 1 aromatic carbocycles. The molecule has 0 aromatic heterocycles. The predicted molar refractivity (Wildman–Crippen MR) is 85.6 cm³/mol. The summed E-state index contributed by atoms with van der Waals surface area (Å²) in [7, 11) is 0. The summed E-state index contributed by atoms with van der Waals surface area (Å²) in [4.78, 5) is 13.8. The minimum atomic E-state index is -0.299. The third-order valence-corrected chi connectivity index (χ3v) is 4.48. The predicted octanol–water partition coefficient (Wildman–Crippen LogP) is 4.45. The van der Waals surface area contributed by atoms with Crippen molar-refractivity contribution >= 4 is 38.0 Å². The van der Waals surface area contributed by atoms with Gasteiger partial charge in [-0.15, -0.1) is 12.3 Å². The van der Waals surface area contributed by atoms with Gasteiger partial charge < -0.3 is 9.64 Å². The smallest absolute Gasteiger partial charge is 0.409 e. The highest BCUT2D eigenvalue weighted by atomic mass is 79.9. The fourth-order valence-electron chi connectivity index (χ4n) is 2.20. The molecular formula is C15H15Br2NO2. The minimum absolute atomic E-state index is 0.299. The normalized spacial score (nSPS) is 15.8. The van der Waals surface area contributed by atoms with Gasteiger partial charge in [0.05, 0.1) is 4.47 Å². The van der Waals surface area contributed by atoms with E-state index in [1.165, 1.54) is 0 Å². The fraction of sp³-hybridized carbons (Fsp3) is 0.400. The molecule has 20 heavy (non-hydrogen) atoms. The fourth-order valence-corrected chi connectivity index (χ4v) is 3.33. The number of hydrogen-bond donors (Lipinski definition) is 0. The number of ether oxygens (including phenoxy) is 1. The summed E-state index contributed by atoms with van der Waals surface area (Å²) >= 11 is 6.75. The average Bonchev–Trinajstić information content (AvgIpc) is 2.43.